The quantitative estimate of drug-likeness (QED) is 0.510. The van der Waals surface area contributed by atoms with Gasteiger partial charge in [-0.2, -0.15) is 5.10 Å². The van der Waals surface area contributed by atoms with Crippen LogP contribution in [0.5, 0.6) is 0 Å². The van der Waals surface area contributed by atoms with Gasteiger partial charge in [-0.05, 0) is 38.9 Å². The van der Waals surface area contributed by atoms with Gasteiger partial charge in [0.15, 0.2) is 0 Å². The maximum absolute atomic E-state index is 4.83. The fourth-order valence-corrected chi connectivity index (χ4v) is 4.44. The van der Waals surface area contributed by atoms with Crippen LogP contribution in [0.15, 0.2) is 36.8 Å². The summed E-state index contributed by atoms with van der Waals surface area (Å²) in [6.07, 6.45) is 5.72. The minimum atomic E-state index is 0.250. The van der Waals surface area contributed by atoms with Crippen molar-refractivity contribution < 1.29 is 0 Å². The maximum Gasteiger partial charge on any atom is 0.228 e. The fraction of sp³-hybridized carbons (Fsp3) is 0.417. The summed E-state index contributed by atoms with van der Waals surface area (Å²) in [6.45, 7) is 14.0. The topological polar surface area (TPSA) is 75.0 Å². The van der Waals surface area contributed by atoms with Crippen LogP contribution >= 0.6 is 0 Å². The summed E-state index contributed by atoms with van der Waals surface area (Å²) in [6, 6.07) is 6.45. The third-order valence-electron chi connectivity index (χ3n) is 6.28. The SMILES string of the molecule is CCN1CCN(c2cnc(Nc3ncc4ccc5cnn(C(C)C)c5c4n3)cc2C)CC1. The lowest BCUT2D eigenvalue weighted by Crippen LogP contribution is -2.46. The van der Waals surface area contributed by atoms with Gasteiger partial charge in [0.25, 0.3) is 0 Å². The van der Waals surface area contributed by atoms with E-state index in [9.17, 15) is 0 Å². The normalized spacial score (nSPS) is 15.2. The van der Waals surface area contributed by atoms with E-state index in [1.165, 1.54) is 11.3 Å². The summed E-state index contributed by atoms with van der Waals surface area (Å²) in [4.78, 5) is 18.9. The predicted molar refractivity (Wildman–Crippen MR) is 130 cm³/mol. The second kappa shape index (κ2) is 8.35. The Hall–Kier alpha value is -3.26. The standard InChI is InChI=1S/C24H30N8/c1-5-30-8-10-31(11-9-30)20-15-25-21(12-17(20)4)28-24-26-13-18-6-7-19-14-27-32(16(2)3)23(19)22(18)29-24/h6-7,12-16H,5,8-11H2,1-4H3,(H,25,26,28,29). The Morgan fingerprint density at radius 1 is 1.00 bits per heavy atom. The molecule has 1 aliphatic heterocycles. The molecule has 8 nitrogen and oxygen atoms in total. The molecule has 1 N–H and O–H groups in total. The first kappa shape index (κ1) is 20.6. The fourth-order valence-electron chi connectivity index (χ4n) is 4.44. The van der Waals surface area contributed by atoms with Gasteiger partial charge in [-0.3, -0.25) is 4.68 Å². The number of aromatic nitrogens is 5. The summed E-state index contributed by atoms with van der Waals surface area (Å²) in [5.74, 6) is 1.29. The van der Waals surface area contributed by atoms with Crippen molar-refractivity contribution >= 4 is 39.3 Å². The number of likely N-dealkylation sites (N-methyl/N-ethyl adjacent to an activating group) is 1. The largest absolute Gasteiger partial charge is 0.368 e. The summed E-state index contributed by atoms with van der Waals surface area (Å²) in [5, 5.41) is 9.93. The number of hydrogen-bond donors (Lipinski definition) is 1. The molecule has 5 rings (SSSR count). The predicted octanol–water partition coefficient (Wildman–Crippen LogP) is 4.15. The van der Waals surface area contributed by atoms with Crippen LogP contribution in [0, 0.1) is 6.92 Å². The zero-order valence-corrected chi connectivity index (χ0v) is 19.2. The molecule has 1 fully saturated rings. The van der Waals surface area contributed by atoms with E-state index in [-0.39, 0.29) is 6.04 Å². The molecule has 1 aromatic carbocycles. The molecule has 0 spiro atoms. The van der Waals surface area contributed by atoms with Crippen LogP contribution < -0.4 is 10.2 Å². The smallest absolute Gasteiger partial charge is 0.228 e. The summed E-state index contributed by atoms with van der Waals surface area (Å²) in [7, 11) is 0. The Kier molecular flexibility index (Phi) is 5.38. The van der Waals surface area contributed by atoms with Crippen LogP contribution in [-0.2, 0) is 0 Å². The van der Waals surface area contributed by atoms with Gasteiger partial charge in [0, 0.05) is 49.2 Å². The number of pyridine rings is 1. The van der Waals surface area contributed by atoms with Crippen LogP contribution in [-0.4, -0.2) is 62.4 Å². The highest BCUT2D eigenvalue weighted by Crippen LogP contribution is 2.28. The molecule has 1 saturated heterocycles. The van der Waals surface area contributed by atoms with Gasteiger partial charge >= 0.3 is 0 Å². The van der Waals surface area contributed by atoms with Gasteiger partial charge in [-0.25, -0.2) is 15.0 Å². The average molecular weight is 431 g/mol. The number of rotatable bonds is 5. The number of hydrogen-bond acceptors (Lipinski definition) is 7. The van der Waals surface area contributed by atoms with Crippen LogP contribution in [0.4, 0.5) is 17.5 Å². The third kappa shape index (κ3) is 3.75. The summed E-state index contributed by atoms with van der Waals surface area (Å²) in [5.41, 5.74) is 4.34. The van der Waals surface area contributed by atoms with Crippen molar-refractivity contribution in [3.05, 3.63) is 42.4 Å². The molecule has 0 bridgehead atoms. The maximum atomic E-state index is 4.83. The Labute approximate surface area is 188 Å². The van der Waals surface area contributed by atoms with Crippen LogP contribution in [0.2, 0.25) is 0 Å². The molecular weight excluding hydrogens is 400 g/mol. The first-order chi connectivity index (χ1) is 15.5. The molecule has 4 aromatic rings. The number of benzene rings is 1. The number of nitrogens with one attached hydrogen (secondary N) is 1. The second-order valence-corrected chi connectivity index (χ2v) is 8.72. The van der Waals surface area contributed by atoms with Crippen molar-refractivity contribution in [2.45, 2.75) is 33.7 Å². The first-order valence-electron chi connectivity index (χ1n) is 11.4. The molecule has 32 heavy (non-hydrogen) atoms. The average Bonchev–Trinajstić information content (AvgIpc) is 3.24. The van der Waals surface area contributed by atoms with Gasteiger partial charge in [-0.1, -0.05) is 19.1 Å². The van der Waals surface area contributed by atoms with E-state index in [0.717, 1.165) is 60.3 Å². The van der Waals surface area contributed by atoms with Gasteiger partial charge in [0.05, 0.1) is 23.6 Å². The highest BCUT2D eigenvalue weighted by Gasteiger charge is 2.18. The highest BCUT2D eigenvalue weighted by atomic mass is 15.3. The second-order valence-electron chi connectivity index (χ2n) is 8.72. The van der Waals surface area contributed by atoms with Crippen molar-refractivity contribution in [1.82, 2.24) is 29.6 Å². The Bertz CT molecular complexity index is 1250. The van der Waals surface area contributed by atoms with Crippen molar-refractivity contribution in [1.29, 1.82) is 0 Å². The molecule has 1 aliphatic rings. The van der Waals surface area contributed by atoms with Crippen LogP contribution in [0.25, 0.3) is 21.8 Å². The van der Waals surface area contributed by atoms with Gasteiger partial charge in [0.1, 0.15) is 11.3 Å². The van der Waals surface area contributed by atoms with Crippen LogP contribution in [0.1, 0.15) is 32.4 Å². The summed E-state index contributed by atoms with van der Waals surface area (Å²) >= 11 is 0. The van der Waals surface area contributed by atoms with E-state index in [2.05, 4.69) is 70.0 Å². The van der Waals surface area contributed by atoms with E-state index in [1.54, 1.807) is 0 Å². The number of piperazine rings is 1. The Morgan fingerprint density at radius 3 is 2.50 bits per heavy atom. The molecule has 0 unspecified atom stereocenters. The van der Waals surface area contributed by atoms with Gasteiger partial charge < -0.3 is 15.1 Å². The van der Waals surface area contributed by atoms with Gasteiger partial charge in [-0.15, -0.1) is 0 Å². The minimum Gasteiger partial charge on any atom is -0.368 e. The zero-order valence-electron chi connectivity index (χ0n) is 19.2. The molecule has 8 heteroatoms. The third-order valence-corrected chi connectivity index (χ3v) is 6.28. The van der Waals surface area contributed by atoms with E-state index in [4.69, 9.17) is 4.98 Å². The van der Waals surface area contributed by atoms with Crippen molar-refractivity contribution in [3.63, 3.8) is 0 Å². The number of anilines is 3. The Morgan fingerprint density at radius 2 is 1.78 bits per heavy atom. The van der Waals surface area contributed by atoms with E-state index < -0.39 is 0 Å². The van der Waals surface area contributed by atoms with Crippen molar-refractivity contribution in [2.75, 3.05) is 42.9 Å². The van der Waals surface area contributed by atoms with E-state index in [0.29, 0.717) is 5.95 Å². The summed E-state index contributed by atoms with van der Waals surface area (Å²) < 4.78 is 2.02. The monoisotopic (exact) mass is 430 g/mol. The van der Waals surface area contributed by atoms with Crippen molar-refractivity contribution in [2.24, 2.45) is 0 Å². The number of nitrogens with zero attached hydrogens (tertiary/aromatic N) is 7. The molecule has 0 aliphatic carbocycles. The highest BCUT2D eigenvalue weighted by molar-refractivity contribution is 6.03. The van der Waals surface area contributed by atoms with E-state index >= 15 is 0 Å². The molecule has 4 heterocycles. The molecule has 3 aromatic heterocycles. The van der Waals surface area contributed by atoms with E-state index in [1.807, 2.05) is 29.3 Å². The molecular formula is C24H30N8. The molecule has 0 saturated carbocycles. The zero-order chi connectivity index (χ0) is 22.2. The van der Waals surface area contributed by atoms with Crippen LogP contribution in [0.3, 0.4) is 0 Å². The number of fused-ring (bicyclic) bond motifs is 3. The first-order valence-corrected chi connectivity index (χ1v) is 11.4. The van der Waals surface area contributed by atoms with Crippen molar-refractivity contribution in [3.8, 4) is 0 Å². The minimum absolute atomic E-state index is 0.250. The lowest BCUT2D eigenvalue weighted by Gasteiger charge is -2.36. The molecule has 0 amide bonds. The Balaban J connectivity index is 1.42. The van der Waals surface area contributed by atoms with Gasteiger partial charge in [0.2, 0.25) is 5.95 Å². The molecule has 0 atom stereocenters. The lowest BCUT2D eigenvalue weighted by atomic mass is 10.2. The molecule has 166 valence electrons. The lowest BCUT2D eigenvalue weighted by molar-refractivity contribution is 0.271. The number of aryl methyl sites for hydroxylation is 1. The molecule has 0 radical (unpaired) electrons.